The summed E-state index contributed by atoms with van der Waals surface area (Å²) >= 11 is 0. The Balaban J connectivity index is 1.94. The zero-order valence-electron chi connectivity index (χ0n) is 13.4. The second kappa shape index (κ2) is 5.83. The molecule has 2 heterocycles. The van der Waals surface area contributed by atoms with Gasteiger partial charge >= 0.3 is 12.1 Å². The Morgan fingerprint density at radius 1 is 1.29 bits per heavy atom. The van der Waals surface area contributed by atoms with E-state index in [9.17, 15) is 9.59 Å². The fraction of sp³-hybridized carbons (Fsp3) is 0.867. The average molecular weight is 298 g/mol. The van der Waals surface area contributed by atoms with Crippen LogP contribution in [0.4, 0.5) is 4.79 Å². The molecule has 1 N–H and O–H groups in total. The molecule has 2 atom stereocenters. The summed E-state index contributed by atoms with van der Waals surface area (Å²) in [6, 6.07) is 0.0238. The van der Waals surface area contributed by atoms with Gasteiger partial charge in [0.1, 0.15) is 11.1 Å². The van der Waals surface area contributed by atoms with Crippen molar-refractivity contribution in [1.29, 1.82) is 0 Å². The van der Waals surface area contributed by atoms with Gasteiger partial charge in [0.05, 0.1) is 7.11 Å². The van der Waals surface area contributed by atoms with Crippen molar-refractivity contribution in [2.24, 2.45) is 0 Å². The first-order valence-electron chi connectivity index (χ1n) is 7.60. The maximum Gasteiger partial charge on any atom is 0.407 e. The van der Waals surface area contributed by atoms with Gasteiger partial charge in [-0.05, 0) is 53.0 Å². The molecule has 0 unspecified atom stereocenters. The predicted molar refractivity (Wildman–Crippen MR) is 77.9 cm³/mol. The highest BCUT2D eigenvalue weighted by Crippen LogP contribution is 2.38. The van der Waals surface area contributed by atoms with Crippen LogP contribution in [0.15, 0.2) is 0 Å². The predicted octanol–water partition coefficient (Wildman–Crippen LogP) is 1.68. The minimum atomic E-state index is -0.498. The Morgan fingerprint density at radius 3 is 2.62 bits per heavy atom. The first-order valence-corrected chi connectivity index (χ1v) is 7.60. The molecule has 0 aromatic carbocycles. The molecule has 2 aliphatic heterocycles. The van der Waals surface area contributed by atoms with Crippen molar-refractivity contribution in [1.82, 2.24) is 10.2 Å². The monoisotopic (exact) mass is 298 g/mol. The number of piperidine rings is 1. The van der Waals surface area contributed by atoms with Crippen LogP contribution in [0.1, 0.15) is 46.5 Å². The molecule has 2 aliphatic rings. The Labute approximate surface area is 126 Å². The summed E-state index contributed by atoms with van der Waals surface area (Å²) in [4.78, 5) is 26.1. The van der Waals surface area contributed by atoms with E-state index in [1.807, 2.05) is 20.8 Å². The lowest BCUT2D eigenvalue weighted by Crippen LogP contribution is -2.60. The molecule has 0 aromatic rings. The highest BCUT2D eigenvalue weighted by Gasteiger charge is 2.51. The standard InChI is InChI=1S/C15H26N2O4/c1-14(2,3)21-13(19)16-11-6-8-15(12(18)20-4)7-5-9-17(15)10-11/h11H,5-10H2,1-4H3,(H,16,19)/t11-,15+/m0/s1. The number of hydrogen-bond donors (Lipinski definition) is 1. The van der Waals surface area contributed by atoms with Gasteiger partial charge in [0.15, 0.2) is 0 Å². The largest absolute Gasteiger partial charge is 0.468 e. The highest BCUT2D eigenvalue weighted by molar-refractivity contribution is 5.81. The van der Waals surface area contributed by atoms with Crippen molar-refractivity contribution >= 4 is 12.1 Å². The number of nitrogens with zero attached hydrogens (tertiary/aromatic N) is 1. The van der Waals surface area contributed by atoms with Crippen molar-refractivity contribution in [3.05, 3.63) is 0 Å². The summed E-state index contributed by atoms with van der Waals surface area (Å²) in [5, 5.41) is 2.91. The van der Waals surface area contributed by atoms with Crippen molar-refractivity contribution in [3.8, 4) is 0 Å². The molecule has 0 radical (unpaired) electrons. The van der Waals surface area contributed by atoms with E-state index in [-0.39, 0.29) is 12.0 Å². The number of fused-ring (bicyclic) bond motifs is 1. The molecule has 6 heteroatoms. The van der Waals surface area contributed by atoms with Crippen molar-refractivity contribution in [2.75, 3.05) is 20.2 Å². The molecule has 1 amide bonds. The molecular formula is C15H26N2O4. The Kier molecular flexibility index (Phi) is 4.46. The number of carbonyl (C=O) groups is 2. The van der Waals surface area contributed by atoms with E-state index >= 15 is 0 Å². The molecule has 0 aliphatic carbocycles. The third kappa shape index (κ3) is 3.48. The molecule has 0 saturated carbocycles. The van der Waals surface area contributed by atoms with Crippen LogP contribution >= 0.6 is 0 Å². The zero-order chi connectivity index (χ0) is 15.7. The van der Waals surface area contributed by atoms with E-state index < -0.39 is 17.2 Å². The maximum absolute atomic E-state index is 12.1. The van der Waals surface area contributed by atoms with Crippen LogP contribution in [0.3, 0.4) is 0 Å². The first-order chi connectivity index (χ1) is 9.77. The number of methoxy groups -OCH3 is 1. The van der Waals surface area contributed by atoms with Crippen LogP contribution in [0, 0.1) is 0 Å². The average Bonchev–Trinajstić information content (AvgIpc) is 2.79. The minimum Gasteiger partial charge on any atom is -0.468 e. The summed E-state index contributed by atoms with van der Waals surface area (Å²) in [5.74, 6) is -0.143. The number of ether oxygens (including phenoxy) is 2. The number of rotatable bonds is 2. The Hall–Kier alpha value is -1.30. The van der Waals surface area contributed by atoms with Gasteiger partial charge in [0.2, 0.25) is 0 Å². The number of alkyl carbamates (subject to hydrolysis) is 1. The van der Waals surface area contributed by atoms with Gasteiger partial charge in [-0.1, -0.05) is 0 Å². The number of esters is 1. The van der Waals surface area contributed by atoms with E-state index in [2.05, 4.69) is 10.2 Å². The van der Waals surface area contributed by atoms with E-state index in [4.69, 9.17) is 9.47 Å². The highest BCUT2D eigenvalue weighted by atomic mass is 16.6. The molecule has 21 heavy (non-hydrogen) atoms. The van der Waals surface area contributed by atoms with E-state index in [0.717, 1.165) is 32.2 Å². The normalized spacial score (nSPS) is 29.6. The van der Waals surface area contributed by atoms with Crippen LogP contribution in [0.25, 0.3) is 0 Å². The Morgan fingerprint density at radius 2 is 2.00 bits per heavy atom. The van der Waals surface area contributed by atoms with E-state index in [1.54, 1.807) is 0 Å². The summed E-state index contributed by atoms with van der Waals surface area (Å²) in [6.07, 6.45) is 2.94. The summed E-state index contributed by atoms with van der Waals surface area (Å²) in [7, 11) is 1.44. The Bertz CT molecular complexity index is 418. The van der Waals surface area contributed by atoms with Crippen LogP contribution < -0.4 is 5.32 Å². The van der Waals surface area contributed by atoms with Gasteiger partial charge in [0.25, 0.3) is 0 Å². The molecule has 2 saturated heterocycles. The van der Waals surface area contributed by atoms with Gasteiger partial charge in [-0.2, -0.15) is 0 Å². The fourth-order valence-electron chi connectivity index (χ4n) is 3.37. The number of carbonyl (C=O) groups excluding carboxylic acids is 2. The molecule has 0 aromatic heterocycles. The van der Waals surface area contributed by atoms with Gasteiger partial charge in [-0.25, -0.2) is 4.79 Å². The third-order valence-electron chi connectivity index (χ3n) is 4.26. The van der Waals surface area contributed by atoms with Gasteiger partial charge in [-0.3, -0.25) is 9.69 Å². The number of hydrogen-bond acceptors (Lipinski definition) is 5. The second-order valence-electron chi connectivity index (χ2n) is 6.95. The molecular weight excluding hydrogens is 272 g/mol. The first kappa shape index (κ1) is 16.1. The molecule has 6 nitrogen and oxygen atoms in total. The molecule has 120 valence electrons. The smallest absolute Gasteiger partial charge is 0.407 e. The quantitative estimate of drug-likeness (QED) is 0.786. The van der Waals surface area contributed by atoms with Gasteiger partial charge in [0, 0.05) is 12.6 Å². The SMILES string of the molecule is COC(=O)[C@]12CCCN1C[C@@H](NC(=O)OC(C)(C)C)CC2. The summed E-state index contributed by atoms with van der Waals surface area (Å²) in [6.45, 7) is 7.08. The van der Waals surface area contributed by atoms with E-state index in [0.29, 0.717) is 6.54 Å². The second-order valence-corrected chi connectivity index (χ2v) is 6.95. The fourth-order valence-corrected chi connectivity index (χ4v) is 3.37. The summed E-state index contributed by atoms with van der Waals surface area (Å²) in [5.41, 5.74) is -0.969. The molecule has 0 spiro atoms. The van der Waals surface area contributed by atoms with E-state index in [1.165, 1.54) is 7.11 Å². The number of amides is 1. The van der Waals surface area contributed by atoms with Crippen LogP contribution in [-0.4, -0.2) is 54.3 Å². The zero-order valence-corrected chi connectivity index (χ0v) is 13.4. The maximum atomic E-state index is 12.1. The molecule has 2 rings (SSSR count). The van der Waals surface area contributed by atoms with Crippen molar-refractivity contribution < 1.29 is 19.1 Å². The lowest BCUT2D eigenvalue weighted by Gasteiger charge is -2.43. The lowest BCUT2D eigenvalue weighted by molar-refractivity contribution is -0.156. The topological polar surface area (TPSA) is 67.9 Å². The van der Waals surface area contributed by atoms with Crippen LogP contribution in [0.5, 0.6) is 0 Å². The van der Waals surface area contributed by atoms with Gasteiger partial charge < -0.3 is 14.8 Å². The van der Waals surface area contributed by atoms with Gasteiger partial charge in [-0.15, -0.1) is 0 Å². The van der Waals surface area contributed by atoms with Crippen molar-refractivity contribution in [3.63, 3.8) is 0 Å². The molecule has 0 bridgehead atoms. The van der Waals surface area contributed by atoms with Crippen molar-refractivity contribution in [2.45, 2.75) is 63.6 Å². The number of nitrogens with one attached hydrogen (secondary N) is 1. The minimum absolute atomic E-state index is 0.0238. The molecule has 2 fully saturated rings. The third-order valence-corrected chi connectivity index (χ3v) is 4.26. The summed E-state index contributed by atoms with van der Waals surface area (Å²) < 4.78 is 10.3. The van der Waals surface area contributed by atoms with Crippen LogP contribution in [-0.2, 0) is 14.3 Å². The lowest BCUT2D eigenvalue weighted by atomic mass is 9.84. The van der Waals surface area contributed by atoms with Crippen LogP contribution in [0.2, 0.25) is 0 Å².